The number of nitrogens with two attached hydrogens (primary N) is 1. The average molecular weight is 242 g/mol. The monoisotopic (exact) mass is 241 g/mol. The van der Waals surface area contributed by atoms with E-state index in [0.717, 1.165) is 12.0 Å². The van der Waals surface area contributed by atoms with E-state index < -0.39 is 5.97 Å². The molecule has 16 heavy (non-hydrogen) atoms. The molecule has 0 heterocycles. The molecule has 0 saturated heterocycles. The van der Waals surface area contributed by atoms with Crippen LogP contribution in [0.3, 0.4) is 0 Å². The number of hydrogen-bond donors (Lipinski definition) is 2. The Hall–Kier alpha value is -1.06. The van der Waals surface area contributed by atoms with Crippen LogP contribution in [0.1, 0.15) is 18.4 Å². The fourth-order valence-electron chi connectivity index (χ4n) is 1.58. The zero-order valence-electron chi connectivity index (χ0n) is 9.03. The van der Waals surface area contributed by atoms with Crippen LogP contribution in [-0.2, 0) is 11.2 Å². The third-order valence-corrected chi connectivity index (χ3v) is 2.79. The number of aliphatic carboxylic acids is 1. The van der Waals surface area contributed by atoms with Crippen LogP contribution in [0.4, 0.5) is 0 Å². The lowest BCUT2D eigenvalue weighted by molar-refractivity contribution is -0.137. The highest BCUT2D eigenvalue weighted by molar-refractivity contribution is 6.30. The molecule has 0 aliphatic carbocycles. The highest BCUT2D eigenvalue weighted by Gasteiger charge is 2.10. The summed E-state index contributed by atoms with van der Waals surface area (Å²) in [6.07, 6.45) is 1.60. The molecule has 1 rings (SSSR count). The lowest BCUT2D eigenvalue weighted by Gasteiger charge is -2.13. The maximum absolute atomic E-state index is 10.5. The number of rotatable bonds is 6. The standard InChI is InChI=1S/C12H16ClNO2/c13-11-4-1-9(2-5-11)7-10(8-14)3-6-12(15)16/h1-2,4-5,10H,3,6-8,14H2,(H,15,16). The molecule has 3 N–H and O–H groups in total. The summed E-state index contributed by atoms with van der Waals surface area (Å²) in [5.74, 6) is -0.549. The van der Waals surface area contributed by atoms with Crippen molar-refractivity contribution in [1.82, 2.24) is 0 Å². The number of carboxylic acids is 1. The van der Waals surface area contributed by atoms with Gasteiger partial charge in [-0.05, 0) is 43.0 Å². The molecule has 1 aromatic rings. The normalized spacial score (nSPS) is 12.4. The number of hydrogen-bond acceptors (Lipinski definition) is 2. The minimum absolute atomic E-state index is 0.176. The zero-order chi connectivity index (χ0) is 12.0. The first kappa shape index (κ1) is 13.0. The maximum Gasteiger partial charge on any atom is 0.303 e. The SMILES string of the molecule is NCC(CCC(=O)O)Cc1ccc(Cl)cc1. The van der Waals surface area contributed by atoms with Crippen molar-refractivity contribution in [3.05, 3.63) is 34.9 Å². The number of carboxylic acid groups (broad SMARTS) is 1. The molecule has 1 aromatic carbocycles. The predicted octanol–water partition coefficient (Wildman–Crippen LogP) is 2.32. The number of carbonyl (C=O) groups is 1. The quantitative estimate of drug-likeness (QED) is 0.804. The van der Waals surface area contributed by atoms with E-state index in [0.29, 0.717) is 18.0 Å². The summed E-state index contributed by atoms with van der Waals surface area (Å²) in [6.45, 7) is 0.510. The summed E-state index contributed by atoms with van der Waals surface area (Å²) < 4.78 is 0. The van der Waals surface area contributed by atoms with Crippen molar-refractivity contribution in [3.8, 4) is 0 Å². The second kappa shape index (κ2) is 6.51. The summed E-state index contributed by atoms with van der Waals surface area (Å²) in [5.41, 5.74) is 6.76. The Morgan fingerprint density at radius 3 is 2.50 bits per heavy atom. The van der Waals surface area contributed by atoms with E-state index in [1.165, 1.54) is 0 Å². The van der Waals surface area contributed by atoms with Crippen molar-refractivity contribution in [2.45, 2.75) is 19.3 Å². The van der Waals surface area contributed by atoms with Gasteiger partial charge >= 0.3 is 5.97 Å². The minimum atomic E-state index is -0.769. The Balaban J connectivity index is 2.49. The Kier molecular flexibility index (Phi) is 5.29. The van der Waals surface area contributed by atoms with Crippen molar-refractivity contribution in [2.24, 2.45) is 11.7 Å². The van der Waals surface area contributed by atoms with Crippen LogP contribution in [0.2, 0.25) is 5.02 Å². The van der Waals surface area contributed by atoms with Gasteiger partial charge in [0.05, 0.1) is 0 Å². The van der Waals surface area contributed by atoms with Gasteiger partial charge in [-0.3, -0.25) is 4.79 Å². The van der Waals surface area contributed by atoms with Crippen molar-refractivity contribution in [1.29, 1.82) is 0 Å². The Morgan fingerprint density at radius 1 is 1.38 bits per heavy atom. The molecule has 0 saturated carbocycles. The van der Waals surface area contributed by atoms with Gasteiger partial charge in [-0.15, -0.1) is 0 Å². The van der Waals surface area contributed by atoms with E-state index in [1.54, 1.807) is 0 Å². The van der Waals surface area contributed by atoms with E-state index in [9.17, 15) is 4.79 Å². The second-order valence-corrected chi connectivity index (χ2v) is 4.30. The Morgan fingerprint density at radius 2 is 2.00 bits per heavy atom. The largest absolute Gasteiger partial charge is 0.481 e. The average Bonchev–Trinajstić information content (AvgIpc) is 2.26. The topological polar surface area (TPSA) is 63.3 Å². The molecular formula is C12H16ClNO2. The Labute approximate surface area is 100 Å². The summed E-state index contributed by atoms with van der Waals surface area (Å²) in [7, 11) is 0. The molecule has 0 aliphatic rings. The van der Waals surface area contributed by atoms with Gasteiger partial charge in [0, 0.05) is 11.4 Å². The molecule has 0 bridgehead atoms. The molecule has 1 unspecified atom stereocenters. The molecule has 88 valence electrons. The van der Waals surface area contributed by atoms with Gasteiger partial charge in [0.25, 0.3) is 0 Å². The molecule has 1 atom stereocenters. The second-order valence-electron chi connectivity index (χ2n) is 3.86. The molecule has 4 heteroatoms. The zero-order valence-corrected chi connectivity index (χ0v) is 9.78. The molecular weight excluding hydrogens is 226 g/mol. The molecule has 0 aromatic heterocycles. The molecule has 0 fully saturated rings. The molecule has 0 aliphatic heterocycles. The summed E-state index contributed by atoms with van der Waals surface area (Å²) in [5, 5.41) is 9.31. The lowest BCUT2D eigenvalue weighted by Crippen LogP contribution is -2.18. The van der Waals surface area contributed by atoms with Crippen LogP contribution < -0.4 is 5.73 Å². The third-order valence-electron chi connectivity index (χ3n) is 2.54. The predicted molar refractivity (Wildman–Crippen MR) is 64.6 cm³/mol. The van der Waals surface area contributed by atoms with Gasteiger partial charge in [-0.2, -0.15) is 0 Å². The number of benzene rings is 1. The smallest absolute Gasteiger partial charge is 0.303 e. The van der Waals surface area contributed by atoms with Crippen LogP contribution in [0.5, 0.6) is 0 Å². The van der Waals surface area contributed by atoms with Crippen molar-refractivity contribution in [3.63, 3.8) is 0 Å². The van der Waals surface area contributed by atoms with E-state index in [-0.39, 0.29) is 12.3 Å². The summed E-state index contributed by atoms with van der Waals surface area (Å²) in [6, 6.07) is 7.57. The fraction of sp³-hybridized carbons (Fsp3) is 0.417. The molecule has 3 nitrogen and oxygen atoms in total. The first-order valence-corrected chi connectivity index (χ1v) is 5.66. The highest BCUT2D eigenvalue weighted by Crippen LogP contribution is 2.16. The maximum atomic E-state index is 10.5. The van der Waals surface area contributed by atoms with Gasteiger partial charge < -0.3 is 10.8 Å². The molecule has 0 amide bonds. The number of halogens is 1. The lowest BCUT2D eigenvalue weighted by atomic mass is 9.95. The van der Waals surface area contributed by atoms with Gasteiger partial charge in [-0.25, -0.2) is 0 Å². The van der Waals surface area contributed by atoms with Gasteiger partial charge in [-0.1, -0.05) is 23.7 Å². The van der Waals surface area contributed by atoms with Crippen LogP contribution in [0, 0.1) is 5.92 Å². The van der Waals surface area contributed by atoms with Crippen molar-refractivity contribution < 1.29 is 9.90 Å². The van der Waals surface area contributed by atoms with E-state index in [1.807, 2.05) is 24.3 Å². The summed E-state index contributed by atoms with van der Waals surface area (Å²) in [4.78, 5) is 10.5. The third kappa shape index (κ3) is 4.64. The summed E-state index contributed by atoms with van der Waals surface area (Å²) >= 11 is 5.78. The van der Waals surface area contributed by atoms with E-state index >= 15 is 0 Å². The Bertz CT molecular complexity index is 337. The first-order valence-electron chi connectivity index (χ1n) is 5.28. The first-order chi connectivity index (χ1) is 7.61. The van der Waals surface area contributed by atoms with Gasteiger partial charge in [0.1, 0.15) is 0 Å². The van der Waals surface area contributed by atoms with Gasteiger partial charge in [0.2, 0.25) is 0 Å². The minimum Gasteiger partial charge on any atom is -0.481 e. The van der Waals surface area contributed by atoms with Crippen molar-refractivity contribution in [2.75, 3.05) is 6.54 Å². The van der Waals surface area contributed by atoms with Crippen LogP contribution in [0.15, 0.2) is 24.3 Å². The van der Waals surface area contributed by atoms with E-state index in [4.69, 9.17) is 22.4 Å². The highest BCUT2D eigenvalue weighted by atomic mass is 35.5. The van der Waals surface area contributed by atoms with E-state index in [2.05, 4.69) is 0 Å². The molecule has 0 spiro atoms. The van der Waals surface area contributed by atoms with Crippen LogP contribution >= 0.6 is 11.6 Å². The van der Waals surface area contributed by atoms with Crippen molar-refractivity contribution >= 4 is 17.6 Å². The van der Waals surface area contributed by atoms with Gasteiger partial charge in [0.15, 0.2) is 0 Å². The fourth-order valence-corrected chi connectivity index (χ4v) is 1.71. The van der Waals surface area contributed by atoms with Crippen LogP contribution in [0.25, 0.3) is 0 Å². The molecule has 0 radical (unpaired) electrons. The van der Waals surface area contributed by atoms with Crippen LogP contribution in [-0.4, -0.2) is 17.6 Å².